The highest BCUT2D eigenvalue weighted by atomic mass is 32.2. The third-order valence-electron chi connectivity index (χ3n) is 1.79. The molecule has 1 aromatic carbocycles. The third kappa shape index (κ3) is 4.00. The Labute approximate surface area is 110 Å². The van der Waals surface area contributed by atoms with E-state index >= 15 is 0 Å². The molecule has 0 radical (unpaired) electrons. The SMILES string of the molecule is CCSc1cccc(F)c1S(=O)(=O)OCOP=O. The van der Waals surface area contributed by atoms with Crippen LogP contribution in [0.1, 0.15) is 6.92 Å². The number of hydrogen-bond donors (Lipinski definition) is 0. The summed E-state index contributed by atoms with van der Waals surface area (Å²) in [6, 6.07) is 3.93. The molecule has 0 spiro atoms. The fraction of sp³-hybridized carbons (Fsp3) is 0.333. The average Bonchev–Trinajstić information content (AvgIpc) is 2.29. The van der Waals surface area contributed by atoms with Gasteiger partial charge in [0.1, 0.15) is 10.7 Å². The average molecular weight is 312 g/mol. The van der Waals surface area contributed by atoms with Gasteiger partial charge in [0.2, 0.25) is 0 Å². The summed E-state index contributed by atoms with van der Waals surface area (Å²) in [4.78, 5) is -0.264. The van der Waals surface area contributed by atoms with Gasteiger partial charge in [0.25, 0.3) is 0 Å². The van der Waals surface area contributed by atoms with Crippen molar-refractivity contribution in [2.45, 2.75) is 16.7 Å². The van der Waals surface area contributed by atoms with E-state index in [1.807, 2.05) is 6.92 Å². The predicted octanol–water partition coefficient (Wildman–Crippen LogP) is 2.82. The lowest BCUT2D eigenvalue weighted by molar-refractivity contribution is 0.139. The fourth-order valence-electron chi connectivity index (χ4n) is 1.17. The summed E-state index contributed by atoms with van der Waals surface area (Å²) < 4.78 is 55.7. The summed E-state index contributed by atoms with van der Waals surface area (Å²) >= 11 is 1.18. The molecule has 0 heterocycles. The van der Waals surface area contributed by atoms with Crippen molar-refractivity contribution in [3.05, 3.63) is 24.0 Å². The molecule has 1 aromatic rings. The molecule has 0 N–H and O–H groups in total. The molecule has 18 heavy (non-hydrogen) atoms. The molecular weight excluding hydrogens is 302 g/mol. The lowest BCUT2D eigenvalue weighted by Gasteiger charge is -2.09. The minimum absolute atomic E-state index is 0.261. The van der Waals surface area contributed by atoms with Crippen LogP contribution < -0.4 is 0 Å². The highest BCUT2D eigenvalue weighted by Crippen LogP contribution is 2.29. The van der Waals surface area contributed by atoms with Gasteiger partial charge in [-0.1, -0.05) is 13.0 Å². The van der Waals surface area contributed by atoms with E-state index in [1.54, 1.807) is 0 Å². The first kappa shape index (κ1) is 15.5. The zero-order valence-electron chi connectivity index (χ0n) is 9.33. The maximum atomic E-state index is 13.6. The van der Waals surface area contributed by atoms with E-state index in [0.29, 0.717) is 5.75 Å². The largest absolute Gasteiger partial charge is 0.329 e. The normalized spacial score (nSPS) is 11.9. The van der Waals surface area contributed by atoms with Crippen molar-refractivity contribution in [1.29, 1.82) is 0 Å². The van der Waals surface area contributed by atoms with Gasteiger partial charge < -0.3 is 0 Å². The molecule has 0 aromatic heterocycles. The minimum atomic E-state index is -4.28. The fourth-order valence-corrected chi connectivity index (χ4v) is 3.44. The Morgan fingerprint density at radius 3 is 2.78 bits per heavy atom. The maximum absolute atomic E-state index is 13.6. The Hall–Kier alpha value is -0.530. The molecule has 0 aliphatic carbocycles. The second kappa shape index (κ2) is 7.16. The van der Waals surface area contributed by atoms with Crippen molar-refractivity contribution in [2.24, 2.45) is 0 Å². The Balaban J connectivity index is 3.09. The van der Waals surface area contributed by atoms with Crippen LogP contribution in [0.15, 0.2) is 28.0 Å². The highest BCUT2D eigenvalue weighted by molar-refractivity contribution is 8.00. The van der Waals surface area contributed by atoms with Crippen molar-refractivity contribution in [2.75, 3.05) is 12.5 Å². The topological polar surface area (TPSA) is 69.7 Å². The molecule has 0 aliphatic rings. The van der Waals surface area contributed by atoms with Gasteiger partial charge >= 0.3 is 18.8 Å². The van der Waals surface area contributed by atoms with E-state index in [9.17, 15) is 17.4 Å². The Kier molecular flexibility index (Phi) is 6.17. The molecule has 0 unspecified atom stereocenters. The number of hydrogen-bond acceptors (Lipinski definition) is 6. The van der Waals surface area contributed by atoms with Gasteiger partial charge in [-0.3, -0.25) is 4.52 Å². The third-order valence-corrected chi connectivity index (χ3v) is 4.39. The zero-order chi connectivity index (χ0) is 13.6. The maximum Gasteiger partial charge on any atom is 0.329 e. The van der Waals surface area contributed by atoms with E-state index in [-0.39, 0.29) is 4.90 Å². The van der Waals surface area contributed by atoms with Crippen molar-refractivity contribution < 1.29 is 26.1 Å². The first-order chi connectivity index (χ1) is 8.53. The van der Waals surface area contributed by atoms with Gasteiger partial charge in [-0.15, -0.1) is 11.8 Å². The molecule has 1 rings (SSSR count). The standard InChI is InChI=1S/C9H10FO5PS2/c1-2-17-8-5-3-4-7(10)9(8)18(12,13)15-6-14-16-11/h3-5H,2,6H2,1H3. The van der Waals surface area contributed by atoms with Gasteiger partial charge in [0, 0.05) is 4.90 Å². The second-order valence-electron chi connectivity index (χ2n) is 2.89. The number of halogens is 1. The van der Waals surface area contributed by atoms with Gasteiger partial charge in [0.15, 0.2) is 6.79 Å². The van der Waals surface area contributed by atoms with Gasteiger partial charge in [-0.2, -0.15) is 8.42 Å². The van der Waals surface area contributed by atoms with E-state index in [4.69, 9.17) is 0 Å². The second-order valence-corrected chi connectivity index (χ2v) is 6.16. The summed E-state index contributed by atoms with van der Waals surface area (Å²) in [5.74, 6) is -0.310. The Morgan fingerprint density at radius 2 is 2.17 bits per heavy atom. The molecule has 0 saturated heterocycles. The molecule has 100 valence electrons. The van der Waals surface area contributed by atoms with Crippen LogP contribution in [0, 0.1) is 5.82 Å². The highest BCUT2D eigenvalue weighted by Gasteiger charge is 2.24. The molecule has 0 saturated carbocycles. The number of thioether (sulfide) groups is 1. The zero-order valence-corrected chi connectivity index (χ0v) is 11.9. The monoisotopic (exact) mass is 312 g/mol. The van der Waals surface area contributed by atoms with Crippen molar-refractivity contribution in [3.63, 3.8) is 0 Å². The van der Waals surface area contributed by atoms with E-state index in [0.717, 1.165) is 6.07 Å². The van der Waals surface area contributed by atoms with E-state index in [2.05, 4.69) is 8.71 Å². The summed E-state index contributed by atoms with van der Waals surface area (Å²) in [6.07, 6.45) is 0. The van der Waals surface area contributed by atoms with Crippen LogP contribution in [0.4, 0.5) is 4.39 Å². The first-order valence-corrected chi connectivity index (χ1v) is 7.90. The first-order valence-electron chi connectivity index (χ1n) is 4.78. The minimum Gasteiger partial charge on any atom is -0.265 e. The van der Waals surface area contributed by atoms with Crippen LogP contribution in [-0.2, 0) is 23.4 Å². The summed E-state index contributed by atoms with van der Waals surface area (Å²) in [5, 5.41) is 0. The van der Waals surface area contributed by atoms with Crippen LogP contribution in [-0.4, -0.2) is 21.0 Å². The van der Waals surface area contributed by atoms with Gasteiger partial charge in [0.05, 0.1) is 0 Å². The predicted molar refractivity (Wildman–Crippen MR) is 64.6 cm³/mol. The van der Waals surface area contributed by atoms with Crippen LogP contribution >= 0.6 is 20.4 Å². The van der Waals surface area contributed by atoms with Crippen molar-refractivity contribution in [3.8, 4) is 0 Å². The molecule has 0 atom stereocenters. The van der Waals surface area contributed by atoms with Gasteiger partial charge in [-0.05, 0) is 17.9 Å². The van der Waals surface area contributed by atoms with Crippen molar-refractivity contribution >= 4 is 30.6 Å². The smallest absolute Gasteiger partial charge is 0.265 e. The number of rotatable bonds is 7. The molecule has 0 bridgehead atoms. The van der Waals surface area contributed by atoms with E-state index in [1.165, 1.54) is 23.9 Å². The summed E-state index contributed by atoms with van der Waals surface area (Å²) in [5.41, 5.74) is 0. The molecule has 9 heteroatoms. The molecule has 0 amide bonds. The Bertz CT molecular complexity index is 520. The van der Waals surface area contributed by atoms with Crippen LogP contribution in [0.3, 0.4) is 0 Å². The summed E-state index contributed by atoms with van der Waals surface area (Å²) in [6.45, 7) is 1.07. The molecular formula is C9H10FO5PS2. The number of benzene rings is 1. The molecule has 0 fully saturated rings. The van der Waals surface area contributed by atoms with Crippen LogP contribution in [0.5, 0.6) is 0 Å². The summed E-state index contributed by atoms with van der Waals surface area (Å²) in [7, 11) is -4.99. The molecule has 0 aliphatic heterocycles. The Morgan fingerprint density at radius 1 is 1.44 bits per heavy atom. The van der Waals surface area contributed by atoms with Gasteiger partial charge in [-0.25, -0.2) is 13.1 Å². The quantitative estimate of drug-likeness (QED) is 0.253. The molecule has 5 nitrogen and oxygen atoms in total. The lowest BCUT2D eigenvalue weighted by atomic mass is 10.3. The van der Waals surface area contributed by atoms with Crippen molar-refractivity contribution in [1.82, 2.24) is 0 Å². The lowest BCUT2D eigenvalue weighted by Crippen LogP contribution is -2.11. The van der Waals surface area contributed by atoms with Crippen LogP contribution in [0.2, 0.25) is 0 Å². The van der Waals surface area contributed by atoms with Crippen LogP contribution in [0.25, 0.3) is 0 Å². The van der Waals surface area contributed by atoms with E-state index < -0.39 is 36.3 Å².